The molecule has 0 aromatic carbocycles. The zero-order valence-electron chi connectivity index (χ0n) is 12.2. The van der Waals surface area contributed by atoms with Crippen LogP contribution in [0.2, 0.25) is 0 Å². The van der Waals surface area contributed by atoms with Crippen molar-refractivity contribution < 1.29 is 4.79 Å². The average Bonchev–Trinajstić information content (AvgIpc) is 3.07. The third-order valence-corrected chi connectivity index (χ3v) is 4.29. The van der Waals surface area contributed by atoms with Gasteiger partial charge in [0.2, 0.25) is 5.91 Å². The predicted octanol–water partition coefficient (Wildman–Crippen LogP) is 1.23. The number of aromatic nitrogens is 5. The summed E-state index contributed by atoms with van der Waals surface area (Å²) in [7, 11) is 0. The third kappa shape index (κ3) is 1.87. The summed E-state index contributed by atoms with van der Waals surface area (Å²) in [6, 6.07) is 2.07. The maximum atomic E-state index is 12.5. The number of fused-ring (bicyclic) bond motifs is 1. The molecule has 1 saturated carbocycles. The van der Waals surface area contributed by atoms with Crippen molar-refractivity contribution in [1.82, 2.24) is 29.4 Å². The quantitative estimate of drug-likeness (QED) is 0.851. The normalized spacial score (nSPS) is 21.7. The molecule has 1 amide bonds. The van der Waals surface area contributed by atoms with Gasteiger partial charge >= 0.3 is 0 Å². The third-order valence-electron chi connectivity index (χ3n) is 4.29. The summed E-state index contributed by atoms with van der Waals surface area (Å²) in [6.45, 7) is 5.33. The van der Waals surface area contributed by atoms with Gasteiger partial charge in [-0.05, 0) is 32.8 Å². The van der Waals surface area contributed by atoms with Crippen molar-refractivity contribution >= 4 is 5.91 Å². The van der Waals surface area contributed by atoms with E-state index in [9.17, 15) is 4.79 Å². The Kier molecular flexibility index (Phi) is 2.63. The molecular formula is C14H18N6O. The highest BCUT2D eigenvalue weighted by molar-refractivity contribution is 5.82. The standard InChI is InChI=1S/C14H18N6O/c1-3-18-7-6-11(17-18)13-16-15-12-8-19(10-4-5-10)14(21)9(2)20(12)13/h6-7,9-10H,3-5,8H2,1-2H3. The highest BCUT2D eigenvalue weighted by Gasteiger charge is 2.40. The van der Waals surface area contributed by atoms with Crippen molar-refractivity contribution in [2.24, 2.45) is 0 Å². The molecule has 0 spiro atoms. The van der Waals surface area contributed by atoms with Gasteiger partial charge in [-0.1, -0.05) is 0 Å². The van der Waals surface area contributed by atoms with Gasteiger partial charge in [-0.25, -0.2) is 0 Å². The molecule has 2 aromatic heterocycles. The van der Waals surface area contributed by atoms with Crippen LogP contribution in [0.15, 0.2) is 12.3 Å². The molecule has 0 radical (unpaired) electrons. The van der Waals surface area contributed by atoms with E-state index in [1.54, 1.807) is 0 Å². The van der Waals surface area contributed by atoms with E-state index < -0.39 is 0 Å². The number of hydrogen-bond acceptors (Lipinski definition) is 4. The molecule has 7 heteroatoms. The summed E-state index contributed by atoms with van der Waals surface area (Å²) in [5.41, 5.74) is 0.773. The topological polar surface area (TPSA) is 68.8 Å². The van der Waals surface area contributed by atoms with Gasteiger partial charge in [0.1, 0.15) is 11.7 Å². The first-order valence-corrected chi connectivity index (χ1v) is 7.47. The Morgan fingerprint density at radius 2 is 2.14 bits per heavy atom. The van der Waals surface area contributed by atoms with E-state index in [1.807, 2.05) is 40.3 Å². The van der Waals surface area contributed by atoms with Crippen LogP contribution < -0.4 is 0 Å². The highest BCUT2D eigenvalue weighted by Crippen LogP contribution is 2.35. The average molecular weight is 286 g/mol. The summed E-state index contributed by atoms with van der Waals surface area (Å²) in [6.07, 6.45) is 4.14. The van der Waals surface area contributed by atoms with Crippen LogP contribution in [0.3, 0.4) is 0 Å². The molecular weight excluding hydrogens is 268 g/mol. The van der Waals surface area contributed by atoms with Gasteiger partial charge in [-0.15, -0.1) is 10.2 Å². The fourth-order valence-corrected chi connectivity index (χ4v) is 2.95. The molecule has 2 aliphatic rings. The largest absolute Gasteiger partial charge is 0.330 e. The minimum Gasteiger partial charge on any atom is -0.330 e. The first kappa shape index (κ1) is 12.6. The van der Waals surface area contributed by atoms with E-state index in [2.05, 4.69) is 15.3 Å². The van der Waals surface area contributed by atoms with E-state index in [4.69, 9.17) is 0 Å². The van der Waals surface area contributed by atoms with Crippen molar-refractivity contribution in [2.75, 3.05) is 0 Å². The van der Waals surface area contributed by atoms with Crippen molar-refractivity contribution in [1.29, 1.82) is 0 Å². The maximum absolute atomic E-state index is 12.5. The summed E-state index contributed by atoms with van der Waals surface area (Å²) in [5, 5.41) is 13.0. The lowest BCUT2D eigenvalue weighted by Gasteiger charge is -2.32. The molecule has 7 nitrogen and oxygen atoms in total. The second-order valence-corrected chi connectivity index (χ2v) is 5.74. The lowest BCUT2D eigenvalue weighted by Crippen LogP contribution is -2.43. The Balaban J connectivity index is 1.75. The Morgan fingerprint density at radius 1 is 1.33 bits per heavy atom. The number of carbonyl (C=O) groups excluding carboxylic acids is 1. The summed E-state index contributed by atoms with van der Waals surface area (Å²) in [4.78, 5) is 14.5. The van der Waals surface area contributed by atoms with Gasteiger partial charge in [0.15, 0.2) is 11.6 Å². The summed E-state index contributed by atoms with van der Waals surface area (Å²) < 4.78 is 3.78. The molecule has 3 heterocycles. The zero-order chi connectivity index (χ0) is 14.6. The van der Waals surface area contributed by atoms with Crippen LogP contribution in [0, 0.1) is 0 Å². The first-order valence-electron chi connectivity index (χ1n) is 7.47. The number of aryl methyl sites for hydroxylation is 1. The Labute approximate surface area is 122 Å². The SMILES string of the molecule is CCn1ccc(-c2nnc3n2C(C)C(=O)N(C2CC2)C3)n1. The Morgan fingerprint density at radius 3 is 2.81 bits per heavy atom. The maximum Gasteiger partial charge on any atom is 0.246 e. The lowest BCUT2D eigenvalue weighted by atomic mass is 10.2. The molecule has 0 saturated heterocycles. The Bertz CT molecular complexity index is 698. The summed E-state index contributed by atoms with van der Waals surface area (Å²) >= 11 is 0. The van der Waals surface area contributed by atoms with Crippen molar-refractivity contribution in [3.05, 3.63) is 18.1 Å². The van der Waals surface area contributed by atoms with E-state index in [0.717, 1.165) is 30.9 Å². The van der Waals surface area contributed by atoms with E-state index >= 15 is 0 Å². The van der Waals surface area contributed by atoms with Gasteiger partial charge < -0.3 is 4.90 Å². The zero-order valence-corrected chi connectivity index (χ0v) is 12.2. The van der Waals surface area contributed by atoms with Crippen molar-refractivity contribution in [3.63, 3.8) is 0 Å². The lowest BCUT2D eigenvalue weighted by molar-refractivity contribution is -0.137. The molecule has 1 atom stereocenters. The van der Waals surface area contributed by atoms with Gasteiger partial charge in [0.25, 0.3) is 0 Å². The molecule has 1 aliphatic heterocycles. The molecule has 4 rings (SSSR count). The number of hydrogen-bond donors (Lipinski definition) is 0. The monoisotopic (exact) mass is 286 g/mol. The first-order chi connectivity index (χ1) is 10.2. The number of rotatable bonds is 3. The second-order valence-electron chi connectivity index (χ2n) is 5.74. The molecule has 1 unspecified atom stereocenters. The van der Waals surface area contributed by atoms with Crippen molar-refractivity contribution in [3.8, 4) is 11.5 Å². The summed E-state index contributed by atoms with van der Waals surface area (Å²) in [5.74, 6) is 1.71. The van der Waals surface area contributed by atoms with Gasteiger partial charge in [-0.2, -0.15) is 5.10 Å². The van der Waals surface area contributed by atoms with Crippen LogP contribution in [0.1, 0.15) is 38.6 Å². The second kappa shape index (κ2) is 4.41. The van der Waals surface area contributed by atoms with Crippen LogP contribution in [-0.2, 0) is 17.9 Å². The fraction of sp³-hybridized carbons (Fsp3) is 0.571. The number of nitrogens with zero attached hydrogens (tertiary/aromatic N) is 6. The molecule has 1 fully saturated rings. The number of amides is 1. The molecule has 0 bridgehead atoms. The van der Waals surface area contributed by atoms with E-state index in [-0.39, 0.29) is 11.9 Å². The van der Waals surface area contributed by atoms with Crippen LogP contribution in [0.25, 0.3) is 11.5 Å². The molecule has 110 valence electrons. The molecule has 2 aromatic rings. The van der Waals surface area contributed by atoms with Gasteiger partial charge in [-0.3, -0.25) is 14.0 Å². The van der Waals surface area contributed by atoms with E-state index in [0.29, 0.717) is 18.4 Å². The smallest absolute Gasteiger partial charge is 0.246 e. The van der Waals surface area contributed by atoms with E-state index in [1.165, 1.54) is 0 Å². The Hall–Kier alpha value is -2.18. The number of carbonyl (C=O) groups is 1. The van der Waals surface area contributed by atoms with Gasteiger partial charge in [0.05, 0.1) is 6.54 Å². The van der Waals surface area contributed by atoms with Crippen LogP contribution >= 0.6 is 0 Å². The van der Waals surface area contributed by atoms with Crippen LogP contribution in [-0.4, -0.2) is 41.4 Å². The minimum atomic E-state index is -0.258. The molecule has 21 heavy (non-hydrogen) atoms. The predicted molar refractivity (Wildman–Crippen MR) is 75.2 cm³/mol. The van der Waals surface area contributed by atoms with Crippen molar-refractivity contribution in [2.45, 2.75) is 51.9 Å². The van der Waals surface area contributed by atoms with Crippen LogP contribution in [0.4, 0.5) is 0 Å². The van der Waals surface area contributed by atoms with Crippen LogP contribution in [0.5, 0.6) is 0 Å². The van der Waals surface area contributed by atoms with Gasteiger partial charge in [0, 0.05) is 18.8 Å². The minimum absolute atomic E-state index is 0.168. The molecule has 1 aliphatic carbocycles. The highest BCUT2D eigenvalue weighted by atomic mass is 16.2. The molecule has 0 N–H and O–H groups in total. The fourth-order valence-electron chi connectivity index (χ4n) is 2.95.